The van der Waals surface area contributed by atoms with Gasteiger partial charge in [-0.05, 0) is 126 Å². The fourth-order valence-electron chi connectivity index (χ4n) is 11.4. The molecule has 2 saturated heterocycles. The Labute approximate surface area is 261 Å². The van der Waals surface area contributed by atoms with E-state index in [0.717, 1.165) is 64.2 Å². The highest BCUT2D eigenvalue weighted by Crippen LogP contribution is 2.62. The van der Waals surface area contributed by atoms with Crippen molar-refractivity contribution in [1.29, 1.82) is 0 Å². The SMILES string of the molecule is C[C@]12C=CC(=O)C=C1CC[C@@H]1[C@@H]2CC[C@]2(C)OC(=O)CC[C@@H]12.C[C@]12C=CC(=O)C=C1CC[C@@H]1[C@@H]2CC[C@]2(C)OC(=O)CC[C@@H]12. The lowest BCUT2D eigenvalue weighted by molar-refractivity contribution is -0.193. The van der Waals surface area contributed by atoms with Crippen molar-refractivity contribution in [1.82, 2.24) is 0 Å². The molecule has 6 fully saturated rings. The van der Waals surface area contributed by atoms with Gasteiger partial charge in [0.25, 0.3) is 0 Å². The monoisotopic (exact) mass is 600 g/mol. The summed E-state index contributed by atoms with van der Waals surface area (Å²) in [4.78, 5) is 46.9. The van der Waals surface area contributed by atoms with Gasteiger partial charge in [0.05, 0.1) is 0 Å². The second-order valence-electron chi connectivity index (χ2n) is 15.9. The first-order valence-electron chi connectivity index (χ1n) is 17.2. The molecule has 44 heavy (non-hydrogen) atoms. The van der Waals surface area contributed by atoms with Crippen molar-refractivity contribution in [2.45, 2.75) is 116 Å². The summed E-state index contributed by atoms with van der Waals surface area (Å²) in [7, 11) is 0. The first kappa shape index (κ1) is 29.9. The van der Waals surface area contributed by atoms with Crippen LogP contribution >= 0.6 is 0 Å². The van der Waals surface area contributed by atoms with E-state index in [4.69, 9.17) is 9.47 Å². The Hall–Kier alpha value is -2.76. The van der Waals surface area contributed by atoms with E-state index in [1.807, 2.05) is 12.2 Å². The van der Waals surface area contributed by atoms with E-state index in [9.17, 15) is 19.2 Å². The van der Waals surface area contributed by atoms with E-state index in [1.54, 1.807) is 12.2 Å². The van der Waals surface area contributed by atoms with Crippen LogP contribution in [-0.2, 0) is 28.7 Å². The van der Waals surface area contributed by atoms with Crippen molar-refractivity contribution in [2.75, 3.05) is 0 Å². The summed E-state index contributed by atoms with van der Waals surface area (Å²) in [6.45, 7) is 8.88. The molecular weight excluding hydrogens is 552 g/mol. The smallest absolute Gasteiger partial charge is 0.306 e. The van der Waals surface area contributed by atoms with E-state index in [1.165, 1.54) is 11.1 Å². The quantitative estimate of drug-likeness (QED) is 0.274. The Morgan fingerprint density at radius 1 is 0.545 bits per heavy atom. The van der Waals surface area contributed by atoms with E-state index >= 15 is 0 Å². The van der Waals surface area contributed by atoms with Crippen LogP contribution < -0.4 is 0 Å². The summed E-state index contributed by atoms with van der Waals surface area (Å²) in [6, 6.07) is 0. The third-order valence-corrected chi connectivity index (χ3v) is 13.8. The number of esters is 2. The fourth-order valence-corrected chi connectivity index (χ4v) is 11.4. The molecule has 0 spiro atoms. The molecule has 2 heterocycles. The molecule has 0 bridgehead atoms. The van der Waals surface area contributed by atoms with Crippen LogP contribution in [-0.4, -0.2) is 34.7 Å². The molecule has 0 aromatic carbocycles. The molecule has 2 aliphatic heterocycles. The Morgan fingerprint density at radius 3 is 1.36 bits per heavy atom. The molecule has 0 amide bonds. The minimum Gasteiger partial charge on any atom is -0.459 e. The third-order valence-electron chi connectivity index (χ3n) is 13.8. The van der Waals surface area contributed by atoms with Crippen LogP contribution in [0.4, 0.5) is 0 Å². The van der Waals surface area contributed by atoms with Gasteiger partial charge in [0.15, 0.2) is 11.6 Å². The highest BCUT2D eigenvalue weighted by Gasteiger charge is 2.58. The van der Waals surface area contributed by atoms with E-state index in [2.05, 4.69) is 39.8 Å². The van der Waals surface area contributed by atoms with E-state index < -0.39 is 0 Å². The van der Waals surface area contributed by atoms with Gasteiger partial charge in [-0.1, -0.05) is 37.1 Å². The topological polar surface area (TPSA) is 86.7 Å². The summed E-state index contributed by atoms with van der Waals surface area (Å²) in [5, 5.41) is 0. The molecule has 0 radical (unpaired) electrons. The maximum Gasteiger partial charge on any atom is 0.306 e. The molecule has 4 saturated carbocycles. The number of ketones is 2. The lowest BCUT2D eigenvalue weighted by Crippen LogP contribution is -2.56. The van der Waals surface area contributed by atoms with Crippen LogP contribution in [0.2, 0.25) is 0 Å². The number of carbonyl (C=O) groups excluding carboxylic acids is 4. The third kappa shape index (κ3) is 4.64. The average Bonchev–Trinajstić information content (AvgIpc) is 2.96. The Bertz CT molecular complexity index is 1310. The Kier molecular flexibility index (Phi) is 7.06. The number of hydrogen-bond donors (Lipinski definition) is 0. The van der Waals surface area contributed by atoms with Crippen LogP contribution in [0.15, 0.2) is 47.6 Å². The molecule has 6 nitrogen and oxygen atoms in total. The zero-order chi connectivity index (χ0) is 31.1. The standard InChI is InChI=1S/2C19H24O3/c2*1-18-9-7-13(20)11-12(18)3-4-14-15(18)8-10-19(2)16(14)5-6-17(21)22-19/h2*7,9,11,14-16H,3-6,8,10H2,1-2H3/t2*14-,15+,16+,18+,19+/m11/s1. The molecule has 8 aliphatic rings. The molecule has 10 atom stereocenters. The molecule has 0 N–H and O–H groups in total. The fraction of sp³-hybridized carbons (Fsp3) is 0.684. The van der Waals surface area contributed by atoms with E-state index in [-0.39, 0.29) is 45.5 Å². The van der Waals surface area contributed by atoms with Crippen molar-refractivity contribution < 1.29 is 28.7 Å². The van der Waals surface area contributed by atoms with Gasteiger partial charge in [0.1, 0.15) is 11.2 Å². The molecule has 236 valence electrons. The van der Waals surface area contributed by atoms with Crippen LogP contribution in [0.5, 0.6) is 0 Å². The summed E-state index contributed by atoms with van der Waals surface area (Å²) < 4.78 is 11.6. The number of hydrogen-bond acceptors (Lipinski definition) is 6. The number of rotatable bonds is 0. The van der Waals surface area contributed by atoms with Crippen LogP contribution in [0.3, 0.4) is 0 Å². The number of fused-ring (bicyclic) bond motifs is 10. The molecule has 8 rings (SSSR count). The van der Waals surface area contributed by atoms with Crippen LogP contribution in [0, 0.1) is 46.3 Å². The predicted octanol–water partition coefficient (Wildman–Crippen LogP) is 7.18. The maximum absolute atomic E-state index is 11.7. The molecule has 6 aliphatic carbocycles. The van der Waals surface area contributed by atoms with E-state index in [0.29, 0.717) is 48.3 Å². The summed E-state index contributed by atoms with van der Waals surface area (Å²) in [5.74, 6) is 3.54. The average molecular weight is 601 g/mol. The Morgan fingerprint density at radius 2 is 0.955 bits per heavy atom. The number of ether oxygens (including phenoxy) is 2. The summed E-state index contributed by atoms with van der Waals surface area (Å²) in [6.07, 6.45) is 22.9. The van der Waals surface area contributed by atoms with Gasteiger partial charge in [-0.15, -0.1) is 0 Å². The van der Waals surface area contributed by atoms with Gasteiger partial charge in [-0.2, -0.15) is 0 Å². The van der Waals surface area contributed by atoms with Crippen molar-refractivity contribution in [3.05, 3.63) is 47.6 Å². The molecule has 0 unspecified atom stereocenters. The lowest BCUT2D eigenvalue weighted by Gasteiger charge is -2.58. The van der Waals surface area contributed by atoms with Gasteiger partial charge in [-0.25, -0.2) is 0 Å². The molecule has 0 aromatic heterocycles. The van der Waals surface area contributed by atoms with Crippen molar-refractivity contribution in [3.8, 4) is 0 Å². The minimum absolute atomic E-state index is 0.0250. The number of allylic oxidation sites excluding steroid dienone is 8. The van der Waals surface area contributed by atoms with Crippen molar-refractivity contribution >= 4 is 23.5 Å². The van der Waals surface area contributed by atoms with Crippen LogP contribution in [0.25, 0.3) is 0 Å². The van der Waals surface area contributed by atoms with Gasteiger partial charge in [-0.3, -0.25) is 19.2 Å². The van der Waals surface area contributed by atoms with Gasteiger partial charge >= 0.3 is 11.9 Å². The normalized spacial score (nSPS) is 47.0. The minimum atomic E-state index is -0.262. The summed E-state index contributed by atoms with van der Waals surface area (Å²) >= 11 is 0. The zero-order valence-corrected chi connectivity index (χ0v) is 26.9. The largest absolute Gasteiger partial charge is 0.459 e. The van der Waals surface area contributed by atoms with Gasteiger partial charge < -0.3 is 9.47 Å². The first-order valence-corrected chi connectivity index (χ1v) is 17.2. The second-order valence-corrected chi connectivity index (χ2v) is 15.9. The number of carbonyl (C=O) groups is 4. The van der Waals surface area contributed by atoms with Crippen molar-refractivity contribution in [2.24, 2.45) is 46.3 Å². The molecular formula is C38H48O6. The van der Waals surface area contributed by atoms with Crippen LogP contribution in [0.1, 0.15) is 105 Å². The second kappa shape index (κ2) is 10.4. The van der Waals surface area contributed by atoms with Crippen molar-refractivity contribution in [3.63, 3.8) is 0 Å². The zero-order valence-electron chi connectivity index (χ0n) is 26.9. The highest BCUT2D eigenvalue weighted by molar-refractivity contribution is 6.01. The predicted molar refractivity (Wildman–Crippen MR) is 166 cm³/mol. The highest BCUT2D eigenvalue weighted by atomic mass is 16.6. The molecule has 6 heteroatoms. The van der Waals surface area contributed by atoms with Gasteiger partial charge in [0, 0.05) is 35.5 Å². The lowest BCUT2D eigenvalue weighted by atomic mass is 9.49. The maximum atomic E-state index is 11.7. The first-order chi connectivity index (χ1) is 20.8. The molecule has 0 aromatic rings. The summed E-state index contributed by atoms with van der Waals surface area (Å²) in [5.41, 5.74) is 2.17. The Balaban J connectivity index is 0.000000142. The van der Waals surface area contributed by atoms with Gasteiger partial charge in [0.2, 0.25) is 0 Å².